The first-order valence-electron chi connectivity index (χ1n) is 5.18. The molecule has 18 heavy (non-hydrogen) atoms. The van der Waals surface area contributed by atoms with Gasteiger partial charge < -0.3 is 5.11 Å². The lowest BCUT2D eigenvalue weighted by Crippen LogP contribution is -2.47. The number of hydrogen-bond donors (Lipinski definition) is 1. The maximum Gasteiger partial charge on any atom is 0.246 e. The Morgan fingerprint density at radius 2 is 1.89 bits per heavy atom. The second kappa shape index (κ2) is 4.91. The largest absolute Gasteiger partial charge is 0.394 e. The van der Waals surface area contributed by atoms with Gasteiger partial charge in [-0.1, -0.05) is 0 Å². The lowest BCUT2D eigenvalue weighted by molar-refractivity contribution is 0.137. The quantitative estimate of drug-likeness (QED) is 0.905. The summed E-state index contributed by atoms with van der Waals surface area (Å²) in [5, 5.41) is 9.13. The number of benzene rings is 1. The van der Waals surface area contributed by atoms with Crippen molar-refractivity contribution < 1.29 is 22.3 Å². The highest BCUT2D eigenvalue weighted by Gasteiger charge is 2.35. The average Bonchev–Trinajstić information content (AvgIpc) is 2.27. The summed E-state index contributed by atoms with van der Waals surface area (Å²) in [4.78, 5) is -0.618. The minimum absolute atomic E-state index is 0.425. The van der Waals surface area contributed by atoms with Crippen LogP contribution in [-0.2, 0) is 10.0 Å². The molecule has 0 atom stereocenters. The third-order valence-electron chi connectivity index (χ3n) is 2.77. The van der Waals surface area contributed by atoms with Gasteiger partial charge in [0.2, 0.25) is 10.0 Å². The third kappa shape index (κ3) is 2.68. The first-order chi connectivity index (χ1) is 8.13. The molecular formula is C11H15F2NO3S. The van der Waals surface area contributed by atoms with Gasteiger partial charge in [-0.2, -0.15) is 4.31 Å². The second-order valence-electron chi connectivity index (χ2n) is 4.52. The molecule has 4 nitrogen and oxygen atoms in total. The fraction of sp³-hybridized carbons (Fsp3) is 0.455. The van der Waals surface area contributed by atoms with Crippen molar-refractivity contribution in [3.05, 3.63) is 29.8 Å². The van der Waals surface area contributed by atoms with E-state index in [1.54, 1.807) is 0 Å². The molecular weight excluding hydrogens is 264 g/mol. The molecule has 0 unspecified atom stereocenters. The molecule has 1 aromatic rings. The fourth-order valence-corrected chi connectivity index (χ4v) is 2.81. The van der Waals surface area contributed by atoms with Crippen molar-refractivity contribution in [1.29, 1.82) is 0 Å². The molecule has 1 aromatic carbocycles. The zero-order valence-corrected chi connectivity index (χ0v) is 11.1. The summed E-state index contributed by atoms with van der Waals surface area (Å²) >= 11 is 0. The van der Waals surface area contributed by atoms with E-state index in [1.165, 1.54) is 20.9 Å². The van der Waals surface area contributed by atoms with Crippen LogP contribution in [0.5, 0.6) is 0 Å². The van der Waals surface area contributed by atoms with Crippen molar-refractivity contribution in [2.24, 2.45) is 0 Å². The predicted octanol–water partition coefficient (Wildman–Crippen LogP) is 1.36. The van der Waals surface area contributed by atoms with Gasteiger partial charge in [-0.15, -0.1) is 0 Å². The molecule has 7 heteroatoms. The Kier molecular flexibility index (Phi) is 4.09. The van der Waals surface area contributed by atoms with Crippen molar-refractivity contribution in [3.8, 4) is 0 Å². The maximum absolute atomic E-state index is 13.5. The SMILES string of the molecule is CN(C(C)(C)CO)S(=O)(=O)c1ccc(F)cc1F. The van der Waals surface area contributed by atoms with E-state index in [4.69, 9.17) is 5.11 Å². The molecule has 0 aliphatic rings. The highest BCUT2D eigenvalue weighted by Crippen LogP contribution is 2.24. The summed E-state index contributed by atoms with van der Waals surface area (Å²) in [5.74, 6) is -2.01. The van der Waals surface area contributed by atoms with E-state index in [0.717, 1.165) is 16.4 Å². The number of aliphatic hydroxyl groups excluding tert-OH is 1. The molecule has 1 rings (SSSR count). The van der Waals surface area contributed by atoms with E-state index >= 15 is 0 Å². The number of halogens is 2. The van der Waals surface area contributed by atoms with Crippen LogP contribution in [0.15, 0.2) is 23.1 Å². The van der Waals surface area contributed by atoms with Gasteiger partial charge in [0.15, 0.2) is 0 Å². The van der Waals surface area contributed by atoms with Crippen molar-refractivity contribution in [1.82, 2.24) is 4.31 Å². The summed E-state index contributed by atoms with van der Waals surface area (Å²) < 4.78 is 51.3. The zero-order chi connectivity index (χ0) is 14.1. The van der Waals surface area contributed by atoms with Gasteiger partial charge in [0.1, 0.15) is 16.5 Å². The summed E-state index contributed by atoms with van der Waals surface area (Å²) in [7, 11) is -2.89. The van der Waals surface area contributed by atoms with Gasteiger partial charge in [-0.25, -0.2) is 17.2 Å². The van der Waals surface area contributed by atoms with Crippen LogP contribution in [0.2, 0.25) is 0 Å². The number of sulfonamides is 1. The van der Waals surface area contributed by atoms with Crippen LogP contribution in [0.1, 0.15) is 13.8 Å². The Hall–Kier alpha value is -1.05. The number of likely N-dealkylation sites (N-methyl/N-ethyl adjacent to an activating group) is 1. The van der Waals surface area contributed by atoms with Gasteiger partial charge >= 0.3 is 0 Å². The lowest BCUT2D eigenvalue weighted by atomic mass is 10.1. The molecule has 0 aliphatic carbocycles. The minimum atomic E-state index is -4.12. The van der Waals surface area contributed by atoms with Crippen LogP contribution in [0.3, 0.4) is 0 Å². The van der Waals surface area contributed by atoms with Crippen molar-refractivity contribution >= 4 is 10.0 Å². The standard InChI is InChI=1S/C11H15F2NO3S/c1-11(2,7-15)14(3)18(16,17)10-5-4-8(12)6-9(10)13/h4-6,15H,7H2,1-3H3. The van der Waals surface area contributed by atoms with Crippen LogP contribution in [0.25, 0.3) is 0 Å². The first-order valence-corrected chi connectivity index (χ1v) is 6.62. The molecule has 0 saturated carbocycles. The highest BCUT2D eigenvalue weighted by molar-refractivity contribution is 7.89. The van der Waals surface area contributed by atoms with Crippen LogP contribution >= 0.6 is 0 Å². The number of aliphatic hydroxyl groups is 1. The molecule has 0 aliphatic heterocycles. The normalized spacial score (nSPS) is 13.1. The predicted molar refractivity (Wildman–Crippen MR) is 62.5 cm³/mol. The van der Waals surface area contributed by atoms with E-state index in [1.807, 2.05) is 0 Å². The van der Waals surface area contributed by atoms with E-state index < -0.39 is 38.7 Å². The average molecular weight is 279 g/mol. The van der Waals surface area contributed by atoms with Gasteiger partial charge in [0, 0.05) is 13.1 Å². The number of rotatable bonds is 4. The Labute approximate surface area is 105 Å². The van der Waals surface area contributed by atoms with Crippen LogP contribution in [0.4, 0.5) is 8.78 Å². The minimum Gasteiger partial charge on any atom is -0.394 e. The summed E-state index contributed by atoms with van der Waals surface area (Å²) in [6.45, 7) is 2.56. The van der Waals surface area contributed by atoms with Gasteiger partial charge in [-0.05, 0) is 26.0 Å². The van der Waals surface area contributed by atoms with Gasteiger partial charge in [0.25, 0.3) is 0 Å². The molecule has 0 amide bonds. The Balaban J connectivity index is 3.30. The van der Waals surface area contributed by atoms with E-state index in [9.17, 15) is 17.2 Å². The number of hydrogen-bond acceptors (Lipinski definition) is 3. The van der Waals surface area contributed by atoms with Crippen molar-refractivity contribution in [2.75, 3.05) is 13.7 Å². The molecule has 0 aromatic heterocycles. The van der Waals surface area contributed by atoms with Crippen LogP contribution in [-0.4, -0.2) is 37.0 Å². The van der Waals surface area contributed by atoms with Crippen LogP contribution < -0.4 is 0 Å². The van der Waals surface area contributed by atoms with E-state index in [2.05, 4.69) is 0 Å². The highest BCUT2D eigenvalue weighted by atomic mass is 32.2. The molecule has 1 N–H and O–H groups in total. The van der Waals surface area contributed by atoms with Crippen LogP contribution in [0, 0.1) is 11.6 Å². The molecule has 0 fully saturated rings. The molecule has 0 saturated heterocycles. The second-order valence-corrected chi connectivity index (χ2v) is 6.46. The van der Waals surface area contributed by atoms with Gasteiger partial charge in [-0.3, -0.25) is 0 Å². The first kappa shape index (κ1) is 15.0. The van der Waals surface area contributed by atoms with Crippen molar-refractivity contribution in [3.63, 3.8) is 0 Å². The van der Waals surface area contributed by atoms with E-state index in [0.29, 0.717) is 6.07 Å². The fourth-order valence-electron chi connectivity index (χ4n) is 1.26. The summed E-state index contributed by atoms with van der Waals surface area (Å²) in [5.41, 5.74) is -1.08. The molecule has 102 valence electrons. The molecule has 0 spiro atoms. The maximum atomic E-state index is 13.5. The number of nitrogens with zero attached hydrogens (tertiary/aromatic N) is 1. The molecule has 0 heterocycles. The third-order valence-corrected chi connectivity index (χ3v) is 4.87. The van der Waals surface area contributed by atoms with E-state index in [-0.39, 0.29) is 0 Å². The smallest absolute Gasteiger partial charge is 0.246 e. The summed E-state index contributed by atoms with van der Waals surface area (Å²) in [6, 6.07) is 2.24. The monoisotopic (exact) mass is 279 g/mol. The zero-order valence-electron chi connectivity index (χ0n) is 10.3. The Bertz CT molecular complexity index is 543. The lowest BCUT2D eigenvalue weighted by Gasteiger charge is -2.32. The molecule has 0 radical (unpaired) electrons. The summed E-state index contributed by atoms with van der Waals surface area (Å²) in [6.07, 6.45) is 0. The Morgan fingerprint density at radius 3 is 2.33 bits per heavy atom. The molecule has 0 bridgehead atoms. The topological polar surface area (TPSA) is 57.6 Å². The Morgan fingerprint density at radius 1 is 1.33 bits per heavy atom. The van der Waals surface area contributed by atoms with Crippen molar-refractivity contribution in [2.45, 2.75) is 24.3 Å². The van der Waals surface area contributed by atoms with Gasteiger partial charge in [0.05, 0.1) is 12.1 Å².